The first-order valence-electron chi connectivity index (χ1n) is 8.90. The van der Waals surface area contributed by atoms with Crippen molar-refractivity contribution < 1.29 is 14.3 Å². The molecule has 0 aliphatic rings. The first-order valence-corrected chi connectivity index (χ1v) is 9.78. The third kappa shape index (κ3) is 5.98. The Hall–Kier alpha value is -2.55. The fourth-order valence-electron chi connectivity index (χ4n) is 2.29. The number of carbonyl (C=O) groups is 2. The van der Waals surface area contributed by atoms with E-state index in [-0.39, 0.29) is 29.1 Å². The summed E-state index contributed by atoms with van der Waals surface area (Å²) in [6.45, 7) is 7.87. The first-order chi connectivity index (χ1) is 13.1. The van der Waals surface area contributed by atoms with Crippen molar-refractivity contribution in [3.63, 3.8) is 0 Å². The average Bonchev–Trinajstić information content (AvgIpc) is 2.98. The summed E-state index contributed by atoms with van der Waals surface area (Å²) in [6.07, 6.45) is 0. The van der Waals surface area contributed by atoms with Crippen LogP contribution in [-0.4, -0.2) is 44.5 Å². The smallest absolute Gasteiger partial charge is 0.251 e. The van der Waals surface area contributed by atoms with E-state index >= 15 is 0 Å². The van der Waals surface area contributed by atoms with Gasteiger partial charge in [0.05, 0.1) is 18.9 Å². The van der Waals surface area contributed by atoms with Crippen LogP contribution in [0.25, 0.3) is 0 Å². The highest BCUT2D eigenvalue weighted by Crippen LogP contribution is 2.22. The summed E-state index contributed by atoms with van der Waals surface area (Å²) in [5.41, 5.74) is 0.243. The minimum atomic E-state index is -0.316. The van der Waals surface area contributed by atoms with Crippen LogP contribution in [0.2, 0.25) is 0 Å². The van der Waals surface area contributed by atoms with Crippen molar-refractivity contribution in [2.45, 2.75) is 50.2 Å². The molecule has 0 aliphatic heterocycles. The van der Waals surface area contributed by atoms with E-state index in [4.69, 9.17) is 4.74 Å². The van der Waals surface area contributed by atoms with Crippen LogP contribution in [0.4, 0.5) is 0 Å². The molecule has 0 saturated carbocycles. The molecule has 8 nitrogen and oxygen atoms in total. The van der Waals surface area contributed by atoms with Gasteiger partial charge in [0, 0.05) is 18.2 Å². The van der Waals surface area contributed by atoms with Crippen molar-refractivity contribution in [3.05, 3.63) is 35.7 Å². The predicted octanol–water partition coefficient (Wildman–Crippen LogP) is 2.15. The Labute approximate surface area is 169 Å². The number of hydrogen-bond donors (Lipinski definition) is 2. The van der Waals surface area contributed by atoms with Gasteiger partial charge in [-0.2, -0.15) is 0 Å². The van der Waals surface area contributed by atoms with E-state index in [0.29, 0.717) is 22.3 Å². The molecule has 2 rings (SSSR count). The number of carbonyl (C=O) groups excluding carboxylic acids is 2. The highest BCUT2D eigenvalue weighted by molar-refractivity contribution is 8.00. The molecule has 1 aromatic heterocycles. The highest BCUT2D eigenvalue weighted by atomic mass is 32.2. The number of hydrogen-bond acceptors (Lipinski definition) is 6. The molecule has 2 N–H and O–H groups in total. The molecule has 0 unspecified atom stereocenters. The number of amides is 2. The topological polar surface area (TPSA) is 98.1 Å². The molecule has 0 radical (unpaired) electrons. The Morgan fingerprint density at radius 2 is 1.86 bits per heavy atom. The van der Waals surface area contributed by atoms with Crippen LogP contribution in [0, 0.1) is 0 Å². The molecule has 0 bridgehead atoms. The monoisotopic (exact) mass is 405 g/mol. The minimum Gasteiger partial charge on any atom is -0.497 e. The van der Waals surface area contributed by atoms with Crippen molar-refractivity contribution in [1.29, 1.82) is 0 Å². The second kappa shape index (κ2) is 9.09. The summed E-state index contributed by atoms with van der Waals surface area (Å²) in [6, 6.07) is 6.86. The SMILES string of the molecule is COc1ccc(C(=O)NCc2nnc(S[C@@H](C)C(=O)NC(C)(C)C)n2C)cc1. The molecular formula is C19H27N5O3S. The lowest BCUT2D eigenvalue weighted by atomic mass is 10.1. The van der Waals surface area contributed by atoms with Crippen LogP contribution < -0.4 is 15.4 Å². The van der Waals surface area contributed by atoms with E-state index in [9.17, 15) is 9.59 Å². The summed E-state index contributed by atoms with van der Waals surface area (Å²) in [4.78, 5) is 24.5. The molecule has 0 aliphatic carbocycles. The maximum absolute atomic E-state index is 12.3. The van der Waals surface area contributed by atoms with Gasteiger partial charge in [0.15, 0.2) is 11.0 Å². The van der Waals surface area contributed by atoms with Crippen molar-refractivity contribution in [2.75, 3.05) is 7.11 Å². The van der Waals surface area contributed by atoms with Crippen LogP contribution in [-0.2, 0) is 18.4 Å². The Morgan fingerprint density at radius 3 is 2.43 bits per heavy atom. The number of nitrogens with zero attached hydrogens (tertiary/aromatic N) is 3. The van der Waals surface area contributed by atoms with E-state index in [2.05, 4.69) is 20.8 Å². The maximum atomic E-state index is 12.3. The molecule has 1 heterocycles. The lowest BCUT2D eigenvalue weighted by molar-refractivity contribution is -0.121. The van der Waals surface area contributed by atoms with Gasteiger partial charge in [-0.3, -0.25) is 9.59 Å². The van der Waals surface area contributed by atoms with E-state index in [0.717, 1.165) is 0 Å². The molecule has 2 amide bonds. The van der Waals surface area contributed by atoms with E-state index in [1.807, 2.05) is 34.7 Å². The van der Waals surface area contributed by atoms with Crippen LogP contribution in [0.3, 0.4) is 0 Å². The molecule has 28 heavy (non-hydrogen) atoms. The molecular weight excluding hydrogens is 378 g/mol. The molecule has 0 saturated heterocycles. The summed E-state index contributed by atoms with van der Waals surface area (Å²) in [5.74, 6) is 1.02. The van der Waals surface area contributed by atoms with Gasteiger partial charge in [0.2, 0.25) is 5.91 Å². The van der Waals surface area contributed by atoms with Crippen LogP contribution in [0.1, 0.15) is 43.9 Å². The zero-order chi connectivity index (χ0) is 20.9. The summed E-state index contributed by atoms with van der Waals surface area (Å²) in [5, 5.41) is 14.3. The molecule has 0 fully saturated rings. The number of benzene rings is 1. The lowest BCUT2D eigenvalue weighted by Gasteiger charge is -2.22. The van der Waals surface area contributed by atoms with E-state index in [1.54, 1.807) is 35.9 Å². The van der Waals surface area contributed by atoms with Gasteiger partial charge in [-0.15, -0.1) is 10.2 Å². The standard InChI is InChI=1S/C19H27N5O3S/c1-12(16(25)21-19(2,3)4)28-18-23-22-15(24(18)5)11-20-17(26)13-7-9-14(27-6)10-8-13/h7-10,12H,11H2,1-6H3,(H,20,26)(H,21,25)/t12-/m0/s1. The van der Waals surface area contributed by atoms with E-state index in [1.165, 1.54) is 11.8 Å². The number of rotatable bonds is 7. The summed E-state index contributed by atoms with van der Waals surface area (Å²) in [7, 11) is 3.39. The number of ether oxygens (including phenoxy) is 1. The Morgan fingerprint density at radius 1 is 1.21 bits per heavy atom. The van der Waals surface area contributed by atoms with Gasteiger partial charge in [-0.25, -0.2) is 0 Å². The van der Waals surface area contributed by atoms with Crippen LogP contribution in [0.5, 0.6) is 5.75 Å². The number of methoxy groups -OCH3 is 1. The maximum Gasteiger partial charge on any atom is 0.251 e. The van der Waals surface area contributed by atoms with Crippen LogP contribution >= 0.6 is 11.8 Å². The van der Waals surface area contributed by atoms with Crippen molar-refractivity contribution in [3.8, 4) is 5.75 Å². The fraction of sp³-hybridized carbons (Fsp3) is 0.474. The Bertz CT molecular complexity index is 827. The molecule has 1 aromatic carbocycles. The molecule has 152 valence electrons. The Kier molecular flexibility index (Phi) is 7.06. The van der Waals surface area contributed by atoms with Gasteiger partial charge in [0.1, 0.15) is 5.75 Å². The minimum absolute atomic E-state index is 0.0603. The number of nitrogens with one attached hydrogen (secondary N) is 2. The Balaban J connectivity index is 1.94. The first kappa shape index (κ1) is 21.7. The zero-order valence-electron chi connectivity index (χ0n) is 17.1. The second-order valence-electron chi connectivity index (χ2n) is 7.37. The molecule has 1 atom stereocenters. The highest BCUT2D eigenvalue weighted by Gasteiger charge is 2.22. The van der Waals surface area contributed by atoms with E-state index < -0.39 is 0 Å². The predicted molar refractivity (Wildman–Crippen MR) is 108 cm³/mol. The summed E-state index contributed by atoms with van der Waals surface area (Å²) < 4.78 is 6.87. The third-order valence-corrected chi connectivity index (χ3v) is 4.97. The normalized spacial score (nSPS) is 12.4. The zero-order valence-corrected chi connectivity index (χ0v) is 17.9. The van der Waals surface area contributed by atoms with Crippen molar-refractivity contribution in [2.24, 2.45) is 7.05 Å². The van der Waals surface area contributed by atoms with Crippen molar-refractivity contribution in [1.82, 2.24) is 25.4 Å². The molecule has 0 spiro atoms. The second-order valence-corrected chi connectivity index (χ2v) is 8.68. The van der Waals surface area contributed by atoms with Gasteiger partial charge < -0.3 is 19.9 Å². The lowest BCUT2D eigenvalue weighted by Crippen LogP contribution is -2.44. The third-order valence-electron chi connectivity index (χ3n) is 3.83. The van der Waals surface area contributed by atoms with Gasteiger partial charge in [-0.05, 0) is 52.0 Å². The van der Waals surface area contributed by atoms with Crippen molar-refractivity contribution >= 4 is 23.6 Å². The quantitative estimate of drug-likeness (QED) is 0.685. The molecule has 9 heteroatoms. The van der Waals surface area contributed by atoms with Gasteiger partial charge >= 0.3 is 0 Å². The number of thioether (sulfide) groups is 1. The van der Waals surface area contributed by atoms with Gasteiger partial charge in [-0.1, -0.05) is 11.8 Å². The number of aromatic nitrogens is 3. The average molecular weight is 406 g/mol. The largest absolute Gasteiger partial charge is 0.497 e. The van der Waals surface area contributed by atoms with Gasteiger partial charge in [0.25, 0.3) is 5.91 Å². The fourth-order valence-corrected chi connectivity index (χ4v) is 3.12. The molecule has 2 aromatic rings. The summed E-state index contributed by atoms with van der Waals surface area (Å²) >= 11 is 1.33. The van der Waals surface area contributed by atoms with Crippen LogP contribution in [0.15, 0.2) is 29.4 Å².